The van der Waals surface area contributed by atoms with E-state index in [9.17, 15) is 17.6 Å². The van der Waals surface area contributed by atoms with Crippen LogP contribution in [0.25, 0.3) is 0 Å². The highest BCUT2D eigenvalue weighted by atomic mass is 32.2. The Balaban J connectivity index is 2.20. The third kappa shape index (κ3) is 7.62. The van der Waals surface area contributed by atoms with Crippen LogP contribution in [0.15, 0.2) is 53.4 Å². The second-order valence-electron chi connectivity index (χ2n) is 8.50. The average Bonchev–Trinajstić information content (AvgIpc) is 2.73. The maximum Gasteiger partial charge on any atom is 0.339 e. The SMILES string of the molecule is CCCCC(CC)C(=O)N(Cc1cccc(OS(=O)(=O)c2ccc(F)cc2)c1)CC(C)C. The molecule has 7 heteroatoms. The van der Waals surface area contributed by atoms with Crippen molar-refractivity contribution in [1.29, 1.82) is 0 Å². The first-order chi connectivity index (χ1) is 15.2. The Bertz CT molecular complexity index is 974. The highest BCUT2D eigenvalue weighted by Gasteiger charge is 2.24. The molecule has 1 unspecified atom stereocenters. The van der Waals surface area contributed by atoms with Gasteiger partial charge in [-0.3, -0.25) is 4.79 Å². The molecule has 0 aromatic heterocycles. The van der Waals surface area contributed by atoms with Crippen molar-refractivity contribution in [1.82, 2.24) is 4.90 Å². The zero-order valence-electron chi connectivity index (χ0n) is 19.4. The van der Waals surface area contributed by atoms with Crippen LogP contribution >= 0.6 is 0 Å². The van der Waals surface area contributed by atoms with E-state index in [0.717, 1.165) is 43.4 Å². The van der Waals surface area contributed by atoms with E-state index in [4.69, 9.17) is 4.18 Å². The van der Waals surface area contributed by atoms with Crippen LogP contribution < -0.4 is 4.18 Å². The van der Waals surface area contributed by atoms with Gasteiger partial charge in [0.25, 0.3) is 0 Å². The Morgan fingerprint density at radius 3 is 2.38 bits per heavy atom. The molecule has 2 aromatic carbocycles. The highest BCUT2D eigenvalue weighted by Crippen LogP contribution is 2.23. The van der Waals surface area contributed by atoms with Crippen LogP contribution in [0, 0.1) is 17.7 Å². The van der Waals surface area contributed by atoms with Crippen molar-refractivity contribution in [3.63, 3.8) is 0 Å². The maximum absolute atomic E-state index is 13.2. The Labute approximate surface area is 191 Å². The first-order valence-corrected chi connectivity index (χ1v) is 12.6. The van der Waals surface area contributed by atoms with Crippen LogP contribution in [0.1, 0.15) is 58.9 Å². The standard InChI is InChI=1S/C25H34FNO4S/c1-5-7-10-21(6-2)25(28)27(17-19(3)4)18-20-9-8-11-23(16-20)31-32(29,30)24-14-12-22(26)13-15-24/h8-9,11-16,19,21H,5-7,10,17-18H2,1-4H3. The van der Waals surface area contributed by atoms with Gasteiger partial charge < -0.3 is 9.08 Å². The Hall–Kier alpha value is -2.41. The van der Waals surface area contributed by atoms with Gasteiger partial charge in [-0.25, -0.2) is 4.39 Å². The van der Waals surface area contributed by atoms with Crippen molar-refractivity contribution < 1.29 is 21.8 Å². The quantitative estimate of drug-likeness (QED) is 0.374. The van der Waals surface area contributed by atoms with Gasteiger partial charge in [0.2, 0.25) is 5.91 Å². The second-order valence-corrected chi connectivity index (χ2v) is 10.0. The van der Waals surface area contributed by atoms with Crippen LogP contribution in [0.3, 0.4) is 0 Å². The van der Waals surface area contributed by atoms with E-state index < -0.39 is 15.9 Å². The zero-order chi connectivity index (χ0) is 23.7. The summed E-state index contributed by atoms with van der Waals surface area (Å²) < 4.78 is 43.4. The van der Waals surface area contributed by atoms with Crippen LogP contribution in [0.2, 0.25) is 0 Å². The van der Waals surface area contributed by atoms with Crippen molar-refractivity contribution in [2.24, 2.45) is 11.8 Å². The number of unbranched alkanes of at least 4 members (excludes halogenated alkanes) is 1. The molecule has 0 saturated heterocycles. The number of carbonyl (C=O) groups is 1. The third-order valence-electron chi connectivity index (χ3n) is 5.23. The summed E-state index contributed by atoms with van der Waals surface area (Å²) in [5.41, 5.74) is 0.788. The molecule has 0 heterocycles. The van der Waals surface area contributed by atoms with Gasteiger partial charge in [-0.05, 0) is 60.7 Å². The topological polar surface area (TPSA) is 63.7 Å². The van der Waals surface area contributed by atoms with Crippen molar-refractivity contribution in [2.45, 2.75) is 64.8 Å². The summed E-state index contributed by atoms with van der Waals surface area (Å²) in [5.74, 6) is 0.0692. The fourth-order valence-electron chi connectivity index (χ4n) is 3.58. The minimum Gasteiger partial charge on any atom is -0.379 e. The summed E-state index contributed by atoms with van der Waals surface area (Å²) in [4.78, 5) is 15.0. The fraction of sp³-hybridized carbons (Fsp3) is 0.480. The monoisotopic (exact) mass is 463 g/mol. The molecule has 0 N–H and O–H groups in total. The van der Waals surface area contributed by atoms with E-state index in [1.165, 1.54) is 12.1 Å². The molecule has 0 fully saturated rings. The van der Waals surface area contributed by atoms with Gasteiger partial charge in [0.05, 0.1) is 0 Å². The largest absolute Gasteiger partial charge is 0.379 e. The van der Waals surface area contributed by atoms with E-state index in [1.54, 1.807) is 18.2 Å². The number of nitrogens with zero attached hydrogens (tertiary/aromatic N) is 1. The Morgan fingerprint density at radius 2 is 1.78 bits per heavy atom. The number of benzene rings is 2. The summed E-state index contributed by atoms with van der Waals surface area (Å²) in [6, 6.07) is 11.2. The first kappa shape index (κ1) is 25.8. The molecular weight excluding hydrogens is 429 g/mol. The van der Waals surface area contributed by atoms with Gasteiger partial charge in [0.1, 0.15) is 16.5 Å². The molecular formula is C25H34FNO4S. The minimum atomic E-state index is -4.09. The minimum absolute atomic E-state index is 0.00742. The zero-order valence-corrected chi connectivity index (χ0v) is 20.2. The molecule has 1 atom stereocenters. The van der Waals surface area contributed by atoms with Crippen molar-refractivity contribution >= 4 is 16.0 Å². The predicted molar refractivity (Wildman–Crippen MR) is 124 cm³/mol. The Morgan fingerprint density at radius 1 is 1.09 bits per heavy atom. The molecule has 5 nitrogen and oxygen atoms in total. The lowest BCUT2D eigenvalue weighted by atomic mass is 9.97. The lowest BCUT2D eigenvalue weighted by Gasteiger charge is -2.29. The molecule has 0 aliphatic heterocycles. The van der Waals surface area contributed by atoms with Crippen LogP contribution in [-0.2, 0) is 21.5 Å². The normalized spacial score (nSPS) is 12.6. The number of rotatable bonds is 12. The summed E-state index contributed by atoms with van der Waals surface area (Å²) in [5, 5.41) is 0. The number of carbonyl (C=O) groups excluding carboxylic acids is 1. The lowest BCUT2D eigenvalue weighted by molar-refractivity contribution is -0.137. The predicted octanol–water partition coefficient (Wildman–Crippen LogP) is 5.79. The van der Waals surface area contributed by atoms with Gasteiger partial charge in [-0.15, -0.1) is 0 Å². The van der Waals surface area contributed by atoms with E-state index in [2.05, 4.69) is 20.8 Å². The molecule has 0 bridgehead atoms. The van der Waals surface area contributed by atoms with E-state index in [1.807, 2.05) is 17.9 Å². The molecule has 0 saturated carbocycles. The van der Waals surface area contributed by atoms with Gasteiger partial charge in [-0.1, -0.05) is 52.7 Å². The summed E-state index contributed by atoms with van der Waals surface area (Å²) in [6.07, 6.45) is 3.74. The van der Waals surface area contributed by atoms with Crippen LogP contribution in [-0.4, -0.2) is 25.8 Å². The molecule has 0 spiro atoms. The molecule has 2 rings (SSSR count). The molecule has 0 radical (unpaired) electrons. The molecule has 0 aliphatic carbocycles. The third-order valence-corrected chi connectivity index (χ3v) is 6.49. The van der Waals surface area contributed by atoms with Gasteiger partial charge in [0.15, 0.2) is 0 Å². The molecule has 0 aliphatic rings. The summed E-state index contributed by atoms with van der Waals surface area (Å²) in [6.45, 7) is 9.31. The van der Waals surface area contributed by atoms with Crippen LogP contribution in [0.4, 0.5) is 4.39 Å². The van der Waals surface area contributed by atoms with E-state index in [0.29, 0.717) is 19.0 Å². The van der Waals surface area contributed by atoms with Crippen molar-refractivity contribution in [3.05, 3.63) is 59.9 Å². The second kappa shape index (κ2) is 12.0. The fourth-order valence-corrected chi connectivity index (χ4v) is 4.50. The smallest absolute Gasteiger partial charge is 0.339 e. The summed E-state index contributed by atoms with van der Waals surface area (Å²) >= 11 is 0. The van der Waals surface area contributed by atoms with E-state index in [-0.39, 0.29) is 22.5 Å². The first-order valence-electron chi connectivity index (χ1n) is 11.2. The van der Waals surface area contributed by atoms with Gasteiger partial charge in [0, 0.05) is 19.0 Å². The van der Waals surface area contributed by atoms with Crippen molar-refractivity contribution in [3.8, 4) is 5.75 Å². The maximum atomic E-state index is 13.2. The van der Waals surface area contributed by atoms with Gasteiger partial charge in [-0.2, -0.15) is 8.42 Å². The van der Waals surface area contributed by atoms with Crippen molar-refractivity contribution in [2.75, 3.05) is 6.54 Å². The number of halogens is 1. The molecule has 32 heavy (non-hydrogen) atoms. The Kier molecular flexibility index (Phi) is 9.69. The lowest BCUT2D eigenvalue weighted by Crippen LogP contribution is -2.38. The number of amides is 1. The van der Waals surface area contributed by atoms with Gasteiger partial charge >= 0.3 is 10.1 Å². The average molecular weight is 464 g/mol. The van der Waals surface area contributed by atoms with E-state index >= 15 is 0 Å². The summed E-state index contributed by atoms with van der Waals surface area (Å²) in [7, 11) is -4.09. The van der Waals surface area contributed by atoms with Crippen LogP contribution in [0.5, 0.6) is 5.75 Å². The molecule has 1 amide bonds. The number of hydrogen-bond donors (Lipinski definition) is 0. The highest BCUT2D eigenvalue weighted by molar-refractivity contribution is 7.87. The number of hydrogen-bond acceptors (Lipinski definition) is 4. The molecule has 176 valence electrons. The molecule has 2 aromatic rings.